The average Bonchev–Trinajstić information content (AvgIpc) is 2.97. The van der Waals surface area contributed by atoms with Gasteiger partial charge in [0.05, 0.1) is 17.4 Å². The van der Waals surface area contributed by atoms with E-state index in [1.165, 1.54) is 6.20 Å². The van der Waals surface area contributed by atoms with Crippen molar-refractivity contribution >= 4 is 17.4 Å². The normalized spacial score (nSPS) is 10.8. The number of rotatable bonds is 2. The Morgan fingerprint density at radius 2 is 2.00 bits per heavy atom. The summed E-state index contributed by atoms with van der Waals surface area (Å²) >= 11 is 5.83. The van der Waals surface area contributed by atoms with Crippen LogP contribution in [0.4, 0.5) is 5.82 Å². The smallest absolute Gasteiger partial charge is 0.340 e. The largest absolute Gasteiger partial charge is 0.383 e. The van der Waals surface area contributed by atoms with Gasteiger partial charge in [0, 0.05) is 5.02 Å². The van der Waals surface area contributed by atoms with E-state index in [9.17, 15) is 4.79 Å². The maximum absolute atomic E-state index is 11.0. The lowest BCUT2D eigenvalue weighted by Gasteiger charge is -2.04. The molecule has 0 atom stereocenters. The Hall–Kier alpha value is -2.54. The van der Waals surface area contributed by atoms with Gasteiger partial charge in [-0.3, -0.25) is 4.98 Å². The fourth-order valence-corrected chi connectivity index (χ4v) is 1.85. The van der Waals surface area contributed by atoms with E-state index in [4.69, 9.17) is 17.3 Å². The van der Waals surface area contributed by atoms with Gasteiger partial charge in [0.2, 0.25) is 0 Å². The number of nitrogens with zero attached hydrogens (tertiary/aromatic N) is 3. The second kappa shape index (κ2) is 4.29. The third-order valence-electron chi connectivity index (χ3n) is 2.63. The topological polar surface area (TPSA) is 105 Å². The van der Waals surface area contributed by atoms with Crippen molar-refractivity contribution in [3.63, 3.8) is 0 Å². The van der Waals surface area contributed by atoms with E-state index in [1.807, 2.05) is 0 Å². The lowest BCUT2D eigenvalue weighted by molar-refractivity contribution is 0.891. The first-order valence-corrected chi connectivity index (χ1v) is 5.77. The monoisotopic (exact) mass is 276 g/mol. The number of halogens is 1. The van der Waals surface area contributed by atoms with Crippen molar-refractivity contribution < 1.29 is 0 Å². The molecule has 0 bridgehead atoms. The number of nitrogens with one attached hydrogen (secondary N) is 2. The summed E-state index contributed by atoms with van der Waals surface area (Å²) in [5.41, 5.74) is 6.93. The van der Waals surface area contributed by atoms with E-state index in [0.29, 0.717) is 22.2 Å². The Labute approximate surface area is 112 Å². The molecule has 8 heteroatoms. The van der Waals surface area contributed by atoms with E-state index in [1.54, 1.807) is 28.9 Å². The minimum absolute atomic E-state index is 0.350. The van der Waals surface area contributed by atoms with Crippen LogP contribution in [-0.2, 0) is 0 Å². The zero-order valence-electron chi connectivity index (χ0n) is 9.59. The SMILES string of the molecule is Nc1c(-c2n[nH]c(=O)[nH]2)cnn1-c1ccc(Cl)cc1. The molecular weight excluding hydrogens is 268 g/mol. The highest BCUT2D eigenvalue weighted by Gasteiger charge is 2.13. The summed E-state index contributed by atoms with van der Waals surface area (Å²) in [4.78, 5) is 13.6. The first-order valence-electron chi connectivity index (χ1n) is 5.39. The summed E-state index contributed by atoms with van der Waals surface area (Å²) < 4.78 is 1.54. The van der Waals surface area contributed by atoms with Crippen molar-refractivity contribution in [1.29, 1.82) is 0 Å². The predicted molar refractivity (Wildman–Crippen MR) is 71.2 cm³/mol. The molecule has 7 nitrogen and oxygen atoms in total. The number of aromatic nitrogens is 5. The van der Waals surface area contributed by atoms with Gasteiger partial charge < -0.3 is 5.73 Å². The highest BCUT2D eigenvalue weighted by atomic mass is 35.5. The first-order chi connectivity index (χ1) is 9.15. The van der Waals surface area contributed by atoms with E-state index >= 15 is 0 Å². The number of benzene rings is 1. The molecule has 0 unspecified atom stereocenters. The molecule has 4 N–H and O–H groups in total. The molecule has 0 amide bonds. The van der Waals surface area contributed by atoms with Gasteiger partial charge in [0.1, 0.15) is 5.82 Å². The fourth-order valence-electron chi connectivity index (χ4n) is 1.73. The molecule has 1 aromatic carbocycles. The molecule has 2 aromatic heterocycles. The molecule has 3 aromatic rings. The number of H-pyrrole nitrogens is 2. The highest BCUT2D eigenvalue weighted by Crippen LogP contribution is 2.24. The number of hydrogen-bond donors (Lipinski definition) is 3. The van der Waals surface area contributed by atoms with Crippen LogP contribution in [-0.4, -0.2) is 25.0 Å². The molecule has 0 fully saturated rings. The van der Waals surface area contributed by atoms with Gasteiger partial charge >= 0.3 is 5.69 Å². The summed E-state index contributed by atoms with van der Waals surface area (Å²) in [6.45, 7) is 0. The zero-order valence-corrected chi connectivity index (χ0v) is 10.3. The molecule has 0 saturated carbocycles. The van der Waals surface area contributed by atoms with E-state index in [2.05, 4.69) is 20.3 Å². The van der Waals surface area contributed by atoms with Crippen molar-refractivity contribution in [1.82, 2.24) is 25.0 Å². The molecule has 0 aliphatic heterocycles. The number of nitrogen functional groups attached to an aromatic ring is 1. The molecule has 0 aliphatic rings. The van der Waals surface area contributed by atoms with Crippen molar-refractivity contribution in [2.24, 2.45) is 0 Å². The third-order valence-corrected chi connectivity index (χ3v) is 2.89. The summed E-state index contributed by atoms with van der Waals surface area (Å²) in [6, 6.07) is 7.08. The molecule has 3 rings (SSSR count). The third kappa shape index (κ3) is 2.00. The Bertz CT molecular complexity index is 769. The second-order valence-electron chi connectivity index (χ2n) is 3.86. The first kappa shape index (κ1) is 11.5. The number of anilines is 1. The Morgan fingerprint density at radius 1 is 1.26 bits per heavy atom. The molecule has 0 spiro atoms. The van der Waals surface area contributed by atoms with Gasteiger partial charge in [-0.25, -0.2) is 14.6 Å². The van der Waals surface area contributed by atoms with Crippen LogP contribution in [0, 0.1) is 0 Å². The van der Waals surface area contributed by atoms with Gasteiger partial charge in [-0.1, -0.05) is 11.6 Å². The molecule has 0 saturated heterocycles. The summed E-state index contributed by atoms with van der Waals surface area (Å²) in [5, 5.41) is 10.9. The zero-order chi connectivity index (χ0) is 13.4. The number of nitrogens with two attached hydrogens (primary N) is 1. The second-order valence-corrected chi connectivity index (χ2v) is 4.29. The van der Waals surface area contributed by atoms with Crippen LogP contribution in [0.15, 0.2) is 35.3 Å². The molecule has 0 radical (unpaired) electrons. The fraction of sp³-hybridized carbons (Fsp3) is 0. The van der Waals surface area contributed by atoms with Gasteiger partial charge in [0.25, 0.3) is 0 Å². The minimum atomic E-state index is -0.395. The lowest BCUT2D eigenvalue weighted by atomic mass is 10.3. The van der Waals surface area contributed by atoms with Crippen molar-refractivity contribution in [3.05, 3.63) is 46.0 Å². The van der Waals surface area contributed by atoms with Gasteiger partial charge in [-0.2, -0.15) is 10.2 Å². The van der Waals surface area contributed by atoms with Gasteiger partial charge in [0.15, 0.2) is 5.82 Å². The van der Waals surface area contributed by atoms with Crippen molar-refractivity contribution in [2.75, 3.05) is 5.73 Å². The van der Waals surface area contributed by atoms with Crippen LogP contribution in [0.5, 0.6) is 0 Å². The van der Waals surface area contributed by atoms with E-state index in [0.717, 1.165) is 5.69 Å². The van der Waals surface area contributed by atoms with Crippen LogP contribution in [0.3, 0.4) is 0 Å². The van der Waals surface area contributed by atoms with E-state index < -0.39 is 5.69 Å². The molecular formula is C11H9ClN6O. The summed E-state index contributed by atoms with van der Waals surface area (Å²) in [7, 11) is 0. The van der Waals surface area contributed by atoms with Gasteiger partial charge in [-0.15, -0.1) is 0 Å². The molecule has 0 aliphatic carbocycles. The van der Waals surface area contributed by atoms with Crippen LogP contribution in [0.25, 0.3) is 17.1 Å². The number of aromatic amines is 2. The Balaban J connectivity index is 2.08. The van der Waals surface area contributed by atoms with E-state index in [-0.39, 0.29) is 0 Å². The van der Waals surface area contributed by atoms with Crippen molar-refractivity contribution in [2.45, 2.75) is 0 Å². The van der Waals surface area contributed by atoms with Crippen LogP contribution < -0.4 is 11.4 Å². The Morgan fingerprint density at radius 3 is 2.63 bits per heavy atom. The molecule has 19 heavy (non-hydrogen) atoms. The van der Waals surface area contributed by atoms with Crippen molar-refractivity contribution in [3.8, 4) is 17.1 Å². The standard InChI is InChI=1S/C11H9ClN6O/c12-6-1-3-7(4-2-6)18-9(13)8(5-14-18)10-15-11(19)17-16-10/h1-5H,13H2,(H2,15,16,17,19). The maximum atomic E-state index is 11.0. The summed E-state index contributed by atoms with van der Waals surface area (Å²) in [5.74, 6) is 0.729. The minimum Gasteiger partial charge on any atom is -0.383 e. The Kier molecular flexibility index (Phi) is 2.60. The van der Waals surface area contributed by atoms with Gasteiger partial charge in [-0.05, 0) is 24.3 Å². The van der Waals surface area contributed by atoms with Crippen LogP contribution in [0.2, 0.25) is 5.02 Å². The highest BCUT2D eigenvalue weighted by molar-refractivity contribution is 6.30. The quantitative estimate of drug-likeness (QED) is 0.653. The summed E-state index contributed by atoms with van der Waals surface area (Å²) in [6.07, 6.45) is 1.54. The molecule has 2 heterocycles. The average molecular weight is 277 g/mol. The van der Waals surface area contributed by atoms with Crippen LogP contribution >= 0.6 is 11.6 Å². The van der Waals surface area contributed by atoms with Crippen LogP contribution in [0.1, 0.15) is 0 Å². The lowest BCUT2D eigenvalue weighted by Crippen LogP contribution is -2.03. The number of hydrogen-bond acceptors (Lipinski definition) is 4. The predicted octanol–water partition coefficient (Wildman–Crippen LogP) is 1.19. The molecule has 96 valence electrons. The maximum Gasteiger partial charge on any atom is 0.340 e.